The van der Waals surface area contributed by atoms with E-state index in [0.717, 1.165) is 37.9 Å². The molecule has 20 heavy (non-hydrogen) atoms. The van der Waals surface area contributed by atoms with Crippen LogP contribution in [0.1, 0.15) is 51.6 Å². The Kier molecular flexibility index (Phi) is 4.88. The summed E-state index contributed by atoms with van der Waals surface area (Å²) in [6.45, 7) is 5.54. The number of rotatable bonds is 6. The summed E-state index contributed by atoms with van der Waals surface area (Å²) in [5, 5.41) is 3.17. The van der Waals surface area contributed by atoms with E-state index in [9.17, 15) is 8.42 Å². The Labute approximate surface area is 121 Å². The van der Waals surface area contributed by atoms with Gasteiger partial charge >= 0.3 is 0 Å². The maximum atomic E-state index is 12.4. The van der Waals surface area contributed by atoms with Gasteiger partial charge in [0.15, 0.2) is 0 Å². The number of nitrogens with one attached hydrogen (secondary N) is 3. The SMILES string of the molecule is CCNCc1cc(S(=O)(=O)NC2(C)CCCCC2)c[nH]1. The first-order valence-corrected chi connectivity index (χ1v) is 8.85. The third-order valence-corrected chi connectivity index (χ3v) is 5.55. The predicted octanol–water partition coefficient (Wildman–Crippen LogP) is 2.13. The molecule has 1 fully saturated rings. The van der Waals surface area contributed by atoms with E-state index in [4.69, 9.17) is 0 Å². The van der Waals surface area contributed by atoms with Crippen LogP contribution in [0.15, 0.2) is 17.2 Å². The fourth-order valence-electron chi connectivity index (χ4n) is 2.75. The Morgan fingerprint density at radius 3 is 2.65 bits per heavy atom. The van der Waals surface area contributed by atoms with Gasteiger partial charge in [0.2, 0.25) is 10.0 Å². The molecule has 0 unspecified atom stereocenters. The van der Waals surface area contributed by atoms with Crippen LogP contribution in [0.2, 0.25) is 0 Å². The molecule has 0 spiro atoms. The second-order valence-corrected chi connectivity index (χ2v) is 7.55. The van der Waals surface area contributed by atoms with Gasteiger partial charge in [-0.3, -0.25) is 0 Å². The summed E-state index contributed by atoms with van der Waals surface area (Å²) in [6, 6.07) is 1.71. The Bertz CT molecular complexity index is 530. The molecule has 0 atom stereocenters. The third kappa shape index (κ3) is 3.84. The molecule has 3 N–H and O–H groups in total. The van der Waals surface area contributed by atoms with Crippen molar-refractivity contribution in [3.05, 3.63) is 18.0 Å². The maximum Gasteiger partial charge on any atom is 0.242 e. The van der Waals surface area contributed by atoms with E-state index in [-0.39, 0.29) is 5.54 Å². The van der Waals surface area contributed by atoms with E-state index in [2.05, 4.69) is 15.0 Å². The van der Waals surface area contributed by atoms with Crippen molar-refractivity contribution in [1.29, 1.82) is 0 Å². The highest BCUT2D eigenvalue weighted by molar-refractivity contribution is 7.89. The van der Waals surface area contributed by atoms with Gasteiger partial charge in [-0.1, -0.05) is 26.2 Å². The van der Waals surface area contributed by atoms with Crippen LogP contribution >= 0.6 is 0 Å². The van der Waals surface area contributed by atoms with Crippen LogP contribution in [0.4, 0.5) is 0 Å². The fraction of sp³-hybridized carbons (Fsp3) is 0.714. The largest absolute Gasteiger partial charge is 0.363 e. The van der Waals surface area contributed by atoms with Crippen LogP contribution in [0, 0.1) is 0 Å². The Hall–Kier alpha value is -0.850. The van der Waals surface area contributed by atoms with Gasteiger partial charge in [0.1, 0.15) is 0 Å². The summed E-state index contributed by atoms with van der Waals surface area (Å²) < 4.78 is 27.8. The molecule has 114 valence electrons. The topological polar surface area (TPSA) is 74.0 Å². The zero-order valence-corrected chi connectivity index (χ0v) is 13.1. The molecule has 2 rings (SSSR count). The second kappa shape index (κ2) is 6.28. The van der Waals surface area contributed by atoms with E-state index >= 15 is 0 Å². The number of hydrogen-bond acceptors (Lipinski definition) is 3. The smallest absolute Gasteiger partial charge is 0.242 e. The Morgan fingerprint density at radius 2 is 2.00 bits per heavy atom. The number of aromatic nitrogens is 1. The lowest BCUT2D eigenvalue weighted by molar-refractivity contribution is 0.294. The van der Waals surface area contributed by atoms with Gasteiger partial charge in [0, 0.05) is 24.0 Å². The highest BCUT2D eigenvalue weighted by Crippen LogP contribution is 2.29. The molecule has 1 heterocycles. The molecule has 0 radical (unpaired) electrons. The summed E-state index contributed by atoms with van der Waals surface area (Å²) in [6.07, 6.45) is 6.80. The molecule has 1 aromatic rings. The summed E-state index contributed by atoms with van der Waals surface area (Å²) in [7, 11) is -3.43. The molecular weight excluding hydrogens is 274 g/mol. The van der Waals surface area contributed by atoms with Gasteiger partial charge in [-0.25, -0.2) is 13.1 Å². The van der Waals surface area contributed by atoms with Crippen molar-refractivity contribution in [2.75, 3.05) is 6.54 Å². The molecule has 1 aliphatic rings. The first kappa shape index (κ1) is 15.5. The van der Waals surface area contributed by atoms with E-state index in [1.54, 1.807) is 12.3 Å². The van der Waals surface area contributed by atoms with Crippen LogP contribution in [-0.4, -0.2) is 25.5 Å². The summed E-state index contributed by atoms with van der Waals surface area (Å²) in [4.78, 5) is 3.35. The molecule has 0 aromatic carbocycles. The lowest BCUT2D eigenvalue weighted by Gasteiger charge is -2.33. The monoisotopic (exact) mass is 299 g/mol. The maximum absolute atomic E-state index is 12.4. The molecule has 0 saturated heterocycles. The normalized spacial score (nSPS) is 19.1. The number of aromatic amines is 1. The van der Waals surface area contributed by atoms with Crippen molar-refractivity contribution in [2.24, 2.45) is 0 Å². The van der Waals surface area contributed by atoms with Gasteiger partial charge in [0.25, 0.3) is 0 Å². The average molecular weight is 299 g/mol. The molecule has 6 heteroatoms. The van der Waals surface area contributed by atoms with Crippen molar-refractivity contribution in [3.63, 3.8) is 0 Å². The van der Waals surface area contributed by atoms with Crippen LogP contribution < -0.4 is 10.0 Å². The number of hydrogen-bond donors (Lipinski definition) is 3. The molecule has 0 bridgehead atoms. The van der Waals surface area contributed by atoms with Crippen molar-refractivity contribution in [2.45, 2.75) is 62.9 Å². The summed E-state index contributed by atoms with van der Waals surface area (Å²) in [5.41, 5.74) is 0.594. The molecule has 1 aromatic heterocycles. The minimum absolute atomic E-state index is 0.295. The molecule has 1 saturated carbocycles. The average Bonchev–Trinajstić information content (AvgIpc) is 2.85. The first-order valence-electron chi connectivity index (χ1n) is 7.37. The zero-order valence-electron chi connectivity index (χ0n) is 12.3. The van der Waals surface area contributed by atoms with E-state index in [0.29, 0.717) is 11.4 Å². The van der Waals surface area contributed by atoms with E-state index in [1.807, 2.05) is 13.8 Å². The zero-order chi connectivity index (χ0) is 14.6. The van der Waals surface area contributed by atoms with Crippen LogP contribution in [-0.2, 0) is 16.6 Å². The summed E-state index contributed by atoms with van der Waals surface area (Å²) in [5.74, 6) is 0. The minimum atomic E-state index is -3.43. The van der Waals surface area contributed by atoms with Gasteiger partial charge in [-0.05, 0) is 32.4 Å². The summed E-state index contributed by atoms with van der Waals surface area (Å²) >= 11 is 0. The molecule has 0 amide bonds. The lowest BCUT2D eigenvalue weighted by atomic mass is 9.84. The fourth-order valence-corrected chi connectivity index (χ4v) is 4.24. The van der Waals surface area contributed by atoms with Crippen molar-refractivity contribution in [3.8, 4) is 0 Å². The molecular formula is C14H25N3O2S. The Balaban J connectivity index is 2.07. The predicted molar refractivity (Wildman–Crippen MR) is 80.0 cm³/mol. The van der Waals surface area contributed by atoms with Crippen molar-refractivity contribution < 1.29 is 8.42 Å². The Morgan fingerprint density at radius 1 is 1.30 bits per heavy atom. The molecule has 0 aliphatic heterocycles. The third-order valence-electron chi connectivity index (χ3n) is 3.93. The first-order chi connectivity index (χ1) is 9.45. The van der Waals surface area contributed by atoms with E-state index in [1.165, 1.54) is 6.42 Å². The van der Waals surface area contributed by atoms with Gasteiger partial charge in [0.05, 0.1) is 4.90 Å². The number of sulfonamides is 1. The minimum Gasteiger partial charge on any atom is -0.363 e. The van der Waals surface area contributed by atoms with Crippen molar-refractivity contribution in [1.82, 2.24) is 15.0 Å². The van der Waals surface area contributed by atoms with Gasteiger partial charge in [-0.2, -0.15) is 0 Å². The number of H-pyrrole nitrogens is 1. The standard InChI is InChI=1S/C14H25N3O2S/c1-3-15-10-12-9-13(11-16-12)20(18,19)17-14(2)7-5-4-6-8-14/h9,11,15-17H,3-8,10H2,1-2H3. The highest BCUT2D eigenvalue weighted by Gasteiger charge is 2.32. The quantitative estimate of drug-likeness (QED) is 0.753. The van der Waals surface area contributed by atoms with Crippen LogP contribution in [0.5, 0.6) is 0 Å². The van der Waals surface area contributed by atoms with Gasteiger partial charge < -0.3 is 10.3 Å². The lowest BCUT2D eigenvalue weighted by Crippen LogP contribution is -2.46. The molecule has 1 aliphatic carbocycles. The highest BCUT2D eigenvalue weighted by atomic mass is 32.2. The molecule has 5 nitrogen and oxygen atoms in total. The van der Waals surface area contributed by atoms with Crippen LogP contribution in [0.3, 0.4) is 0 Å². The second-order valence-electron chi connectivity index (χ2n) is 5.87. The van der Waals surface area contributed by atoms with Gasteiger partial charge in [-0.15, -0.1) is 0 Å². The van der Waals surface area contributed by atoms with Crippen LogP contribution in [0.25, 0.3) is 0 Å². The van der Waals surface area contributed by atoms with E-state index < -0.39 is 10.0 Å². The van der Waals surface area contributed by atoms with Crippen molar-refractivity contribution >= 4 is 10.0 Å².